The first-order chi connectivity index (χ1) is 14.1. The van der Waals surface area contributed by atoms with Gasteiger partial charge in [-0.2, -0.15) is 0 Å². The van der Waals surface area contributed by atoms with Gasteiger partial charge in [0.25, 0.3) is 0 Å². The molecule has 1 aliphatic rings. The lowest BCUT2D eigenvalue weighted by atomic mass is 9.93. The molecule has 1 aliphatic carbocycles. The minimum Gasteiger partial charge on any atom is -0.381 e. The summed E-state index contributed by atoms with van der Waals surface area (Å²) in [4.78, 5) is 13.9. The normalized spacial score (nSPS) is 19.8. The number of nitrogens with one attached hydrogen (secondary N) is 1. The number of fused-ring (bicyclic) bond motifs is 2. The highest BCUT2D eigenvalue weighted by atomic mass is 16.5. The lowest BCUT2D eigenvalue weighted by Gasteiger charge is -2.28. The van der Waals surface area contributed by atoms with Crippen LogP contribution >= 0.6 is 0 Å². The number of nitrogens with zero attached hydrogens (tertiary/aromatic N) is 6. The van der Waals surface area contributed by atoms with Crippen LogP contribution in [0.2, 0.25) is 0 Å². The van der Waals surface area contributed by atoms with Crippen LogP contribution in [-0.2, 0) is 11.8 Å². The van der Waals surface area contributed by atoms with Crippen LogP contribution in [0.4, 0.5) is 5.95 Å². The molecule has 1 fully saturated rings. The SMILES string of the molecule is CO[C@H]1CC[C@H](Nc2ncc3c(-c4ccc5nc(C)n(C)c5n4)ccn3n2)CC1. The Kier molecular flexibility index (Phi) is 4.43. The van der Waals surface area contributed by atoms with Crippen LogP contribution in [0.15, 0.2) is 30.6 Å². The topological polar surface area (TPSA) is 82.2 Å². The summed E-state index contributed by atoms with van der Waals surface area (Å²) in [5.74, 6) is 1.61. The number of aryl methyl sites for hydroxylation is 2. The van der Waals surface area contributed by atoms with Gasteiger partial charge in [0, 0.05) is 32.0 Å². The Labute approximate surface area is 168 Å². The van der Waals surface area contributed by atoms with Crippen LogP contribution < -0.4 is 5.32 Å². The van der Waals surface area contributed by atoms with Gasteiger partial charge in [-0.05, 0) is 50.8 Å². The van der Waals surface area contributed by atoms with Gasteiger partial charge in [-0.1, -0.05) is 0 Å². The molecule has 5 rings (SSSR count). The Bertz CT molecular complexity index is 1170. The molecule has 8 nitrogen and oxygen atoms in total. The number of methoxy groups -OCH3 is 1. The molecule has 8 heteroatoms. The maximum absolute atomic E-state index is 5.45. The molecule has 29 heavy (non-hydrogen) atoms. The van der Waals surface area contributed by atoms with Gasteiger partial charge in [-0.15, -0.1) is 5.10 Å². The standard InChI is InChI=1S/C21H25N7O/c1-13-23-18-9-8-17(25-20(18)27(13)2)16-10-11-28-19(16)12-22-21(26-28)24-14-4-6-15(29-3)7-5-14/h8-12,14-15H,4-7H2,1-3H3,(H,24,26)/t14-,15-. The summed E-state index contributed by atoms with van der Waals surface area (Å²) in [6.45, 7) is 1.99. The zero-order valence-corrected chi connectivity index (χ0v) is 17.0. The number of pyridine rings is 1. The van der Waals surface area contributed by atoms with Gasteiger partial charge in [0.15, 0.2) is 5.65 Å². The number of aromatic nitrogens is 6. The third-order valence-corrected chi connectivity index (χ3v) is 5.97. The summed E-state index contributed by atoms with van der Waals surface area (Å²) in [6.07, 6.45) is 8.51. The van der Waals surface area contributed by atoms with Crippen LogP contribution in [0.1, 0.15) is 31.5 Å². The highest BCUT2D eigenvalue weighted by Gasteiger charge is 2.21. The van der Waals surface area contributed by atoms with Gasteiger partial charge in [0.1, 0.15) is 11.3 Å². The van der Waals surface area contributed by atoms with Crippen LogP contribution in [0.3, 0.4) is 0 Å². The second-order valence-electron chi connectivity index (χ2n) is 7.75. The molecular weight excluding hydrogens is 366 g/mol. The average molecular weight is 391 g/mol. The first-order valence-corrected chi connectivity index (χ1v) is 10.1. The van der Waals surface area contributed by atoms with Crippen molar-refractivity contribution in [3.63, 3.8) is 0 Å². The number of hydrogen-bond donors (Lipinski definition) is 1. The minimum atomic E-state index is 0.386. The van der Waals surface area contributed by atoms with Gasteiger partial charge in [0.2, 0.25) is 5.95 Å². The van der Waals surface area contributed by atoms with Crippen molar-refractivity contribution >= 4 is 22.6 Å². The molecule has 4 aromatic heterocycles. The molecule has 0 unspecified atom stereocenters. The van der Waals surface area contributed by atoms with Gasteiger partial charge in [-0.25, -0.2) is 19.5 Å². The lowest BCUT2D eigenvalue weighted by molar-refractivity contribution is 0.0681. The molecular formula is C21H25N7O. The van der Waals surface area contributed by atoms with Crippen molar-refractivity contribution < 1.29 is 4.74 Å². The van der Waals surface area contributed by atoms with Crippen molar-refractivity contribution in [1.29, 1.82) is 0 Å². The van der Waals surface area contributed by atoms with Gasteiger partial charge in [0.05, 0.1) is 23.5 Å². The maximum Gasteiger partial charge on any atom is 0.241 e. The first kappa shape index (κ1) is 18.1. The van der Waals surface area contributed by atoms with Crippen molar-refractivity contribution in [1.82, 2.24) is 29.1 Å². The van der Waals surface area contributed by atoms with E-state index >= 15 is 0 Å². The van der Waals surface area contributed by atoms with E-state index in [1.807, 2.05) is 53.6 Å². The molecule has 0 amide bonds. The molecule has 150 valence electrons. The van der Waals surface area contributed by atoms with E-state index in [4.69, 9.17) is 9.72 Å². The fourth-order valence-electron chi connectivity index (χ4n) is 4.14. The minimum absolute atomic E-state index is 0.386. The molecule has 0 atom stereocenters. The molecule has 0 radical (unpaired) electrons. The van der Waals surface area contributed by atoms with E-state index in [1.165, 1.54) is 0 Å². The Morgan fingerprint density at radius 3 is 2.72 bits per heavy atom. The van der Waals surface area contributed by atoms with E-state index in [-0.39, 0.29) is 0 Å². The Morgan fingerprint density at radius 2 is 1.93 bits per heavy atom. The highest BCUT2D eigenvalue weighted by Crippen LogP contribution is 2.27. The predicted molar refractivity (Wildman–Crippen MR) is 112 cm³/mol. The molecule has 0 aliphatic heterocycles. The molecule has 4 aromatic rings. The molecule has 4 heterocycles. The van der Waals surface area contributed by atoms with E-state index in [1.54, 1.807) is 7.11 Å². The molecule has 0 spiro atoms. The number of imidazole rings is 1. The second kappa shape index (κ2) is 7.11. The number of hydrogen-bond acceptors (Lipinski definition) is 6. The van der Waals surface area contributed by atoms with Crippen molar-refractivity contribution in [2.45, 2.75) is 44.8 Å². The predicted octanol–water partition coefficient (Wildman–Crippen LogP) is 3.36. The third-order valence-electron chi connectivity index (χ3n) is 5.97. The molecule has 1 N–H and O–H groups in total. The molecule has 1 saturated carbocycles. The summed E-state index contributed by atoms with van der Waals surface area (Å²) >= 11 is 0. The largest absolute Gasteiger partial charge is 0.381 e. The summed E-state index contributed by atoms with van der Waals surface area (Å²) in [7, 11) is 3.78. The first-order valence-electron chi connectivity index (χ1n) is 10.1. The summed E-state index contributed by atoms with van der Waals surface area (Å²) < 4.78 is 9.33. The molecule has 0 saturated heterocycles. The zero-order valence-electron chi connectivity index (χ0n) is 17.0. The smallest absolute Gasteiger partial charge is 0.241 e. The maximum atomic E-state index is 5.45. The van der Waals surface area contributed by atoms with Crippen LogP contribution in [-0.4, -0.2) is 48.4 Å². The van der Waals surface area contributed by atoms with E-state index in [2.05, 4.69) is 20.4 Å². The lowest BCUT2D eigenvalue weighted by Crippen LogP contribution is -2.30. The van der Waals surface area contributed by atoms with Crippen LogP contribution in [0.25, 0.3) is 27.9 Å². The number of ether oxygens (including phenoxy) is 1. The Morgan fingerprint density at radius 1 is 1.10 bits per heavy atom. The summed E-state index contributed by atoms with van der Waals surface area (Å²) in [5, 5.41) is 8.13. The van der Waals surface area contributed by atoms with E-state index < -0.39 is 0 Å². The van der Waals surface area contributed by atoms with Crippen molar-refractivity contribution in [2.24, 2.45) is 7.05 Å². The average Bonchev–Trinajstić information content (AvgIpc) is 3.29. The van der Waals surface area contributed by atoms with E-state index in [0.29, 0.717) is 18.1 Å². The van der Waals surface area contributed by atoms with E-state index in [0.717, 1.165) is 59.4 Å². The van der Waals surface area contributed by atoms with Crippen molar-refractivity contribution in [2.75, 3.05) is 12.4 Å². The third kappa shape index (κ3) is 3.23. The van der Waals surface area contributed by atoms with Crippen molar-refractivity contribution in [3.05, 3.63) is 36.4 Å². The fourth-order valence-corrected chi connectivity index (χ4v) is 4.14. The van der Waals surface area contributed by atoms with Gasteiger partial charge < -0.3 is 14.6 Å². The summed E-state index contributed by atoms with van der Waals surface area (Å²) in [6, 6.07) is 6.45. The Balaban J connectivity index is 1.41. The van der Waals surface area contributed by atoms with Gasteiger partial charge in [-0.3, -0.25) is 0 Å². The second-order valence-corrected chi connectivity index (χ2v) is 7.75. The molecule has 0 bridgehead atoms. The molecule has 0 aromatic carbocycles. The number of anilines is 1. The van der Waals surface area contributed by atoms with Crippen molar-refractivity contribution in [3.8, 4) is 11.3 Å². The van der Waals surface area contributed by atoms with Crippen LogP contribution in [0.5, 0.6) is 0 Å². The summed E-state index contributed by atoms with van der Waals surface area (Å²) in [5.41, 5.74) is 4.63. The highest BCUT2D eigenvalue weighted by molar-refractivity contribution is 5.82. The van der Waals surface area contributed by atoms with Crippen LogP contribution in [0, 0.1) is 6.92 Å². The zero-order chi connectivity index (χ0) is 20.0. The quantitative estimate of drug-likeness (QED) is 0.574. The Hall–Kier alpha value is -3.00. The number of rotatable bonds is 4. The monoisotopic (exact) mass is 391 g/mol. The van der Waals surface area contributed by atoms with Gasteiger partial charge >= 0.3 is 0 Å². The van der Waals surface area contributed by atoms with E-state index in [9.17, 15) is 0 Å². The fraction of sp³-hybridized carbons (Fsp3) is 0.429.